The van der Waals surface area contributed by atoms with E-state index in [1.807, 2.05) is 58.2 Å². The second-order valence-electron chi connectivity index (χ2n) is 9.58. The van der Waals surface area contributed by atoms with Crippen molar-refractivity contribution in [3.63, 3.8) is 0 Å². The van der Waals surface area contributed by atoms with Crippen molar-refractivity contribution in [2.45, 2.75) is 135 Å². The molecule has 0 aliphatic carbocycles. The molecule has 37 heavy (non-hydrogen) atoms. The van der Waals surface area contributed by atoms with Gasteiger partial charge in [0.25, 0.3) is 0 Å². The second kappa shape index (κ2) is 43.0. The number of rotatable bonds is 18. The van der Waals surface area contributed by atoms with Gasteiger partial charge in [0.05, 0.1) is 54.5 Å². The van der Waals surface area contributed by atoms with Gasteiger partial charge in [0.2, 0.25) is 0 Å². The van der Waals surface area contributed by atoms with Crippen molar-refractivity contribution in [3.8, 4) is 0 Å². The number of nitrogens with two attached hydrogens (primary N) is 3. The lowest BCUT2D eigenvalue weighted by atomic mass is 10.0. The Morgan fingerprint density at radius 1 is 0.568 bits per heavy atom. The van der Waals surface area contributed by atoms with Gasteiger partial charge in [0.15, 0.2) is 0 Å². The number of unbranched alkanes of at least 4 members (excludes halogenated alkanes) is 15. The van der Waals surface area contributed by atoms with Crippen LogP contribution >= 0.6 is 7.82 Å². The van der Waals surface area contributed by atoms with E-state index in [4.69, 9.17) is 19.2 Å². The molecule has 0 rings (SSSR count). The maximum absolute atomic E-state index is 9.49. The molecule has 0 aromatic carbocycles. The highest BCUT2D eigenvalue weighted by molar-refractivity contribution is 7.40. The van der Waals surface area contributed by atoms with Crippen LogP contribution in [0.3, 0.4) is 0 Å². The van der Waals surface area contributed by atoms with Crippen LogP contribution in [0.1, 0.15) is 123 Å². The van der Waals surface area contributed by atoms with Crippen molar-refractivity contribution in [2.24, 2.45) is 0 Å². The molecule has 10 heteroatoms. The maximum Gasteiger partial charge on any atom is 0.0796 e. The Morgan fingerprint density at radius 2 is 0.757 bits per heavy atom. The normalized spacial score (nSPS) is 11.8. The van der Waals surface area contributed by atoms with E-state index < -0.39 is 20.0 Å². The molecule has 0 radical (unpaired) electrons. The first-order chi connectivity index (χ1) is 17.4. The third kappa shape index (κ3) is 86.0. The van der Waals surface area contributed by atoms with Crippen molar-refractivity contribution < 1.29 is 45.4 Å². The van der Waals surface area contributed by atoms with Gasteiger partial charge in [-0.2, -0.15) is 7.82 Å². The van der Waals surface area contributed by atoms with Crippen LogP contribution in [0.4, 0.5) is 0 Å². The molecule has 8 N–H and O–H groups in total. The number of aliphatic hydroxyl groups is 2. The minimum atomic E-state index is -5.39. The predicted octanol–water partition coefficient (Wildman–Crippen LogP) is -0.0167. The lowest BCUT2D eigenvalue weighted by molar-refractivity contribution is -0.597. The molecule has 0 aromatic heterocycles. The van der Waals surface area contributed by atoms with Gasteiger partial charge < -0.3 is 45.4 Å². The van der Waals surface area contributed by atoms with Crippen LogP contribution in [0, 0.1) is 0 Å². The van der Waals surface area contributed by atoms with Crippen LogP contribution in [-0.2, 0) is 4.57 Å². The number of hydrogen-bond donors (Lipinski definition) is 5. The minimum absolute atomic E-state index is 0.526. The van der Waals surface area contributed by atoms with Crippen molar-refractivity contribution in [1.82, 2.24) is 0 Å². The number of phosphoric acid groups is 1. The molecular weight excluding hydrogens is 493 g/mol. The minimum Gasteiger partial charge on any atom is -0.822 e. The summed E-state index contributed by atoms with van der Waals surface area (Å²) < 4.78 is 8.55. The quantitative estimate of drug-likeness (QED) is 0.116. The fourth-order valence-corrected chi connectivity index (χ4v) is 3.14. The standard InChI is InChI=1S/C21H44O2.3C2H7N.H3O4P/c1-3-4-5-6-7-8-9-10-11-12-13-14-15-16-17-18-19-21(23)20(2)22;3*1-3-2;1-5(2,3)4/h20-23H,3-19H2,1-2H3;3*3H,1-2H3;(H3,1,2,3,4). The van der Waals surface area contributed by atoms with Crippen LogP contribution in [0.15, 0.2) is 0 Å². The highest BCUT2D eigenvalue weighted by atomic mass is 31.2. The Bertz CT molecular complexity index is 389. The first kappa shape index (κ1) is 46.7. The van der Waals surface area contributed by atoms with Crippen LogP contribution in [0.5, 0.6) is 0 Å². The van der Waals surface area contributed by atoms with Crippen molar-refractivity contribution >= 4 is 7.82 Å². The van der Waals surface area contributed by atoms with Crippen LogP contribution in [-0.4, -0.2) is 64.7 Å². The predicted molar refractivity (Wildman–Crippen MR) is 151 cm³/mol. The zero-order valence-corrected chi connectivity index (χ0v) is 26.8. The average molecular weight is 562 g/mol. The number of quaternary nitrogens is 3. The summed E-state index contributed by atoms with van der Waals surface area (Å²) in [5.41, 5.74) is 0. The highest BCUT2D eigenvalue weighted by Crippen LogP contribution is 2.14. The molecule has 0 amide bonds. The Hall–Kier alpha value is -0.0900. The molecule has 0 saturated carbocycles. The third-order valence-electron chi connectivity index (χ3n) is 4.91. The summed E-state index contributed by atoms with van der Waals surface area (Å²) in [6.45, 7) is 3.94. The molecule has 0 spiro atoms. The van der Waals surface area contributed by atoms with Gasteiger partial charge >= 0.3 is 0 Å². The monoisotopic (exact) mass is 561 g/mol. The fourth-order valence-electron chi connectivity index (χ4n) is 3.14. The van der Waals surface area contributed by atoms with E-state index in [2.05, 4.69) is 6.92 Å². The third-order valence-corrected chi connectivity index (χ3v) is 4.91. The van der Waals surface area contributed by atoms with Gasteiger partial charge in [-0.25, -0.2) is 0 Å². The van der Waals surface area contributed by atoms with Gasteiger partial charge in [-0.3, -0.25) is 0 Å². The molecule has 0 aromatic rings. The summed E-state index contributed by atoms with van der Waals surface area (Å²) in [4.78, 5) is 25.6. The SMILES string of the molecule is CCCCCCCCCCCCCCCCCCC(O)C(C)O.C[NH2+]C.C[NH2+]C.C[NH2+]C.O=P([O-])([O-])[O-]. The van der Waals surface area contributed by atoms with E-state index in [9.17, 15) is 10.2 Å². The van der Waals surface area contributed by atoms with E-state index in [0.717, 1.165) is 12.8 Å². The molecule has 9 nitrogen and oxygen atoms in total. The molecule has 0 aliphatic rings. The Kier molecular flexibility index (Phi) is 54.3. The van der Waals surface area contributed by atoms with Crippen LogP contribution in [0.25, 0.3) is 0 Å². The van der Waals surface area contributed by atoms with Crippen molar-refractivity contribution in [3.05, 3.63) is 0 Å². The maximum atomic E-state index is 9.49. The van der Waals surface area contributed by atoms with Gasteiger partial charge in [0, 0.05) is 0 Å². The molecule has 0 fully saturated rings. The van der Waals surface area contributed by atoms with E-state index in [-0.39, 0.29) is 0 Å². The first-order valence-corrected chi connectivity index (χ1v) is 16.2. The Balaban J connectivity index is -0.000000200. The van der Waals surface area contributed by atoms with Crippen LogP contribution < -0.4 is 30.6 Å². The zero-order chi connectivity index (χ0) is 29.8. The van der Waals surface area contributed by atoms with E-state index in [1.165, 1.54) is 96.3 Å². The Morgan fingerprint density at radius 3 is 0.946 bits per heavy atom. The van der Waals surface area contributed by atoms with Crippen molar-refractivity contribution in [2.75, 3.05) is 42.3 Å². The van der Waals surface area contributed by atoms with E-state index >= 15 is 0 Å². The van der Waals surface area contributed by atoms with Gasteiger partial charge in [-0.1, -0.05) is 110 Å². The largest absolute Gasteiger partial charge is 0.822 e. The molecule has 2 atom stereocenters. The van der Waals surface area contributed by atoms with Crippen LogP contribution in [0.2, 0.25) is 0 Å². The van der Waals surface area contributed by atoms with E-state index in [0.29, 0.717) is 0 Å². The number of aliphatic hydroxyl groups excluding tert-OH is 2. The molecule has 2 unspecified atom stereocenters. The molecule has 0 bridgehead atoms. The van der Waals surface area contributed by atoms with Gasteiger partial charge in [0.1, 0.15) is 0 Å². The van der Waals surface area contributed by atoms with Gasteiger partial charge in [-0.15, -0.1) is 0 Å². The highest BCUT2D eigenvalue weighted by Gasteiger charge is 2.09. The molecule has 0 heterocycles. The topological polar surface area (TPSA) is 177 Å². The molecular formula is C27H68N3O6P. The summed E-state index contributed by atoms with van der Waals surface area (Å²) in [7, 11) is 6.61. The smallest absolute Gasteiger partial charge is 0.0796 e. The van der Waals surface area contributed by atoms with Gasteiger partial charge in [-0.05, 0) is 13.3 Å². The lowest BCUT2D eigenvalue weighted by Gasteiger charge is -2.36. The number of hydrogen-bond acceptors (Lipinski definition) is 6. The second-order valence-corrected chi connectivity index (χ2v) is 10.5. The average Bonchev–Trinajstić information content (AvgIpc) is 2.79. The summed E-state index contributed by atoms with van der Waals surface area (Å²) in [6, 6.07) is 0. The zero-order valence-electron chi connectivity index (χ0n) is 25.9. The molecule has 232 valence electrons. The summed E-state index contributed by atoms with van der Waals surface area (Å²) in [5, 5.41) is 24.7. The first-order valence-electron chi connectivity index (χ1n) is 14.7. The molecule has 0 aliphatic heterocycles. The fraction of sp³-hybridized carbons (Fsp3) is 1.00. The summed E-state index contributed by atoms with van der Waals surface area (Å²) in [5.74, 6) is 0. The van der Waals surface area contributed by atoms with E-state index in [1.54, 1.807) is 6.92 Å². The lowest BCUT2D eigenvalue weighted by Crippen LogP contribution is -2.74. The summed E-state index contributed by atoms with van der Waals surface area (Å²) >= 11 is 0. The molecule has 0 saturated heterocycles. The summed E-state index contributed by atoms with van der Waals surface area (Å²) in [6.07, 6.45) is 21.5. The Labute approximate surface area is 230 Å². The van der Waals surface area contributed by atoms with Crippen molar-refractivity contribution in [1.29, 1.82) is 0 Å².